The van der Waals surface area contributed by atoms with Crippen LogP contribution in [0.2, 0.25) is 0 Å². The molecule has 0 radical (unpaired) electrons. The van der Waals surface area contributed by atoms with E-state index < -0.39 is 0 Å². The fraction of sp³-hybridized carbons (Fsp3) is 0.312. The number of esters is 1. The van der Waals surface area contributed by atoms with Crippen LogP contribution in [0.15, 0.2) is 42.5 Å². The van der Waals surface area contributed by atoms with Gasteiger partial charge in [0.05, 0.1) is 0 Å². The van der Waals surface area contributed by atoms with Crippen LogP contribution in [0, 0.1) is 0 Å². The lowest BCUT2D eigenvalue weighted by Gasteiger charge is -2.19. The second-order valence-electron chi connectivity index (χ2n) is 4.68. The number of rotatable bonds is 3. The van der Waals surface area contributed by atoms with E-state index in [0.717, 1.165) is 28.2 Å². The summed E-state index contributed by atoms with van der Waals surface area (Å²) in [6, 6.07) is 14.3. The number of thioether (sulfide) groups is 2. The molecule has 0 aliphatic carbocycles. The minimum Gasteiger partial charge on any atom is -0.460 e. The Morgan fingerprint density at radius 3 is 2.85 bits per heavy atom. The van der Waals surface area contributed by atoms with Crippen LogP contribution in [0.25, 0.3) is 10.8 Å². The number of hydrogen-bond donors (Lipinski definition) is 0. The first-order valence-corrected chi connectivity index (χ1v) is 8.87. The summed E-state index contributed by atoms with van der Waals surface area (Å²) in [5, 5.41) is 2.35. The molecule has 1 atom stereocenters. The van der Waals surface area contributed by atoms with Gasteiger partial charge in [0.1, 0.15) is 11.9 Å². The Kier molecular flexibility index (Phi) is 4.53. The second kappa shape index (κ2) is 6.55. The summed E-state index contributed by atoms with van der Waals surface area (Å²) in [4.78, 5) is 12.1. The van der Waals surface area contributed by atoms with Gasteiger partial charge >= 0.3 is 5.97 Å². The van der Waals surface area contributed by atoms with Crippen molar-refractivity contribution >= 4 is 40.3 Å². The third kappa shape index (κ3) is 3.13. The zero-order valence-electron chi connectivity index (χ0n) is 11.1. The van der Waals surface area contributed by atoms with Crippen LogP contribution >= 0.6 is 23.5 Å². The fourth-order valence-electron chi connectivity index (χ4n) is 2.28. The van der Waals surface area contributed by atoms with Gasteiger partial charge in [0.15, 0.2) is 0 Å². The van der Waals surface area contributed by atoms with Crippen molar-refractivity contribution in [1.29, 1.82) is 0 Å². The normalized spacial score (nSPS) is 18.9. The maximum atomic E-state index is 12.1. The van der Waals surface area contributed by atoms with Gasteiger partial charge in [-0.25, -0.2) is 0 Å². The van der Waals surface area contributed by atoms with E-state index in [2.05, 4.69) is 18.2 Å². The van der Waals surface area contributed by atoms with Crippen molar-refractivity contribution in [3.05, 3.63) is 48.0 Å². The van der Waals surface area contributed by atoms with Crippen molar-refractivity contribution in [2.24, 2.45) is 0 Å². The van der Waals surface area contributed by atoms with Gasteiger partial charge in [-0.05, 0) is 16.3 Å². The van der Waals surface area contributed by atoms with Crippen molar-refractivity contribution in [2.75, 3.05) is 17.3 Å². The van der Waals surface area contributed by atoms with Gasteiger partial charge in [0, 0.05) is 17.3 Å². The molecule has 1 heterocycles. The predicted molar refractivity (Wildman–Crippen MR) is 87.3 cm³/mol. The average Bonchev–Trinajstić information content (AvgIpc) is 2.53. The molecule has 104 valence electrons. The van der Waals surface area contributed by atoms with E-state index in [-0.39, 0.29) is 11.2 Å². The Morgan fingerprint density at radius 1 is 1.15 bits per heavy atom. The first kappa shape index (κ1) is 13.8. The SMILES string of the molecule is O=C(OCc1cccc2ccccc12)[C@@H]1CSCCS1. The molecule has 20 heavy (non-hydrogen) atoms. The molecule has 0 saturated carbocycles. The molecule has 0 bridgehead atoms. The van der Waals surface area contributed by atoms with E-state index in [1.165, 1.54) is 5.39 Å². The molecule has 2 nitrogen and oxygen atoms in total. The Labute approximate surface area is 127 Å². The number of hydrogen-bond acceptors (Lipinski definition) is 4. The third-order valence-corrected chi connectivity index (χ3v) is 6.06. The second-order valence-corrected chi connectivity index (χ2v) is 7.14. The fourth-order valence-corrected chi connectivity index (χ4v) is 4.82. The minimum atomic E-state index is -0.0739. The summed E-state index contributed by atoms with van der Waals surface area (Å²) in [5.74, 6) is 2.98. The van der Waals surface area contributed by atoms with Crippen LogP contribution in [0.5, 0.6) is 0 Å². The van der Waals surface area contributed by atoms with Gasteiger partial charge in [-0.15, -0.1) is 11.8 Å². The Hall–Kier alpha value is -1.13. The van der Waals surface area contributed by atoms with Crippen molar-refractivity contribution in [3.63, 3.8) is 0 Å². The number of ether oxygens (including phenoxy) is 1. The average molecular weight is 304 g/mol. The van der Waals surface area contributed by atoms with Gasteiger partial charge < -0.3 is 4.74 Å². The van der Waals surface area contributed by atoms with E-state index >= 15 is 0 Å². The summed E-state index contributed by atoms with van der Waals surface area (Å²) < 4.78 is 5.50. The van der Waals surface area contributed by atoms with Crippen molar-refractivity contribution < 1.29 is 9.53 Å². The van der Waals surface area contributed by atoms with E-state index in [4.69, 9.17) is 4.74 Å². The molecule has 0 N–H and O–H groups in total. The van der Waals surface area contributed by atoms with Crippen LogP contribution < -0.4 is 0 Å². The van der Waals surface area contributed by atoms with Crippen LogP contribution in [-0.2, 0) is 16.1 Å². The molecule has 4 heteroatoms. The lowest BCUT2D eigenvalue weighted by molar-refractivity contribution is -0.143. The summed E-state index contributed by atoms with van der Waals surface area (Å²) >= 11 is 3.55. The van der Waals surface area contributed by atoms with Crippen LogP contribution in [0.1, 0.15) is 5.56 Å². The highest BCUT2D eigenvalue weighted by atomic mass is 32.2. The lowest BCUT2D eigenvalue weighted by atomic mass is 10.1. The Balaban J connectivity index is 1.69. The van der Waals surface area contributed by atoms with E-state index in [1.54, 1.807) is 11.8 Å². The van der Waals surface area contributed by atoms with Gasteiger partial charge in [-0.2, -0.15) is 11.8 Å². The highest BCUT2D eigenvalue weighted by Crippen LogP contribution is 2.26. The lowest BCUT2D eigenvalue weighted by Crippen LogP contribution is -2.26. The molecule has 1 aliphatic rings. The number of benzene rings is 2. The number of fused-ring (bicyclic) bond motifs is 1. The summed E-state index contributed by atoms with van der Waals surface area (Å²) in [5.41, 5.74) is 1.07. The highest BCUT2D eigenvalue weighted by molar-refractivity contribution is 8.07. The van der Waals surface area contributed by atoms with E-state index in [1.807, 2.05) is 36.0 Å². The first-order chi connectivity index (χ1) is 9.84. The smallest absolute Gasteiger partial charge is 0.320 e. The monoisotopic (exact) mass is 304 g/mol. The molecule has 0 spiro atoms. The summed E-state index contributed by atoms with van der Waals surface area (Å²) in [6.07, 6.45) is 0. The molecule has 2 aromatic carbocycles. The summed E-state index contributed by atoms with van der Waals surface area (Å²) in [6.45, 7) is 0.363. The molecular formula is C16H16O2S2. The molecule has 2 aromatic rings. The van der Waals surface area contributed by atoms with E-state index in [0.29, 0.717) is 6.61 Å². The summed E-state index contributed by atoms with van der Waals surface area (Å²) in [7, 11) is 0. The number of carbonyl (C=O) groups is 1. The minimum absolute atomic E-state index is 0.00345. The van der Waals surface area contributed by atoms with Gasteiger partial charge in [-0.1, -0.05) is 42.5 Å². The topological polar surface area (TPSA) is 26.3 Å². The van der Waals surface area contributed by atoms with Crippen LogP contribution in [-0.4, -0.2) is 28.5 Å². The molecule has 1 aliphatic heterocycles. The van der Waals surface area contributed by atoms with Crippen LogP contribution in [0.3, 0.4) is 0 Å². The molecule has 1 saturated heterocycles. The molecular weight excluding hydrogens is 288 g/mol. The van der Waals surface area contributed by atoms with Gasteiger partial charge in [-0.3, -0.25) is 4.79 Å². The maximum Gasteiger partial charge on any atom is 0.320 e. The largest absolute Gasteiger partial charge is 0.460 e. The van der Waals surface area contributed by atoms with Gasteiger partial charge in [0.2, 0.25) is 0 Å². The van der Waals surface area contributed by atoms with Crippen LogP contribution in [0.4, 0.5) is 0 Å². The van der Waals surface area contributed by atoms with Crippen molar-refractivity contribution in [3.8, 4) is 0 Å². The quantitative estimate of drug-likeness (QED) is 0.807. The first-order valence-electron chi connectivity index (χ1n) is 6.67. The molecule has 1 fully saturated rings. The zero-order valence-corrected chi connectivity index (χ0v) is 12.7. The Morgan fingerprint density at radius 2 is 2.00 bits per heavy atom. The highest BCUT2D eigenvalue weighted by Gasteiger charge is 2.23. The van der Waals surface area contributed by atoms with Gasteiger partial charge in [0.25, 0.3) is 0 Å². The number of carbonyl (C=O) groups excluding carboxylic acids is 1. The van der Waals surface area contributed by atoms with E-state index in [9.17, 15) is 4.79 Å². The van der Waals surface area contributed by atoms with Crippen molar-refractivity contribution in [2.45, 2.75) is 11.9 Å². The van der Waals surface area contributed by atoms with Crippen molar-refractivity contribution in [1.82, 2.24) is 0 Å². The molecule has 0 aromatic heterocycles. The standard InChI is InChI=1S/C16H16O2S2/c17-16(15-11-19-8-9-20-15)18-10-13-6-3-5-12-4-1-2-7-14(12)13/h1-7,15H,8-11H2/t15-/m0/s1. The predicted octanol–water partition coefficient (Wildman–Crippen LogP) is 3.73. The maximum absolute atomic E-state index is 12.1. The molecule has 0 amide bonds. The zero-order chi connectivity index (χ0) is 13.8. The Bertz CT molecular complexity index is 601. The molecule has 3 rings (SSSR count). The molecule has 0 unspecified atom stereocenters. The third-order valence-electron chi connectivity index (χ3n) is 3.33.